The summed E-state index contributed by atoms with van der Waals surface area (Å²) in [6.45, 7) is 1.67. The maximum atomic E-state index is 5.76. The highest BCUT2D eigenvalue weighted by Crippen LogP contribution is 2.17. The van der Waals surface area contributed by atoms with E-state index >= 15 is 0 Å². The van der Waals surface area contributed by atoms with E-state index in [2.05, 4.69) is 52.8 Å². The van der Waals surface area contributed by atoms with Crippen LogP contribution in [-0.2, 0) is 0 Å². The van der Waals surface area contributed by atoms with Crippen molar-refractivity contribution in [2.45, 2.75) is 38.5 Å². The van der Waals surface area contributed by atoms with Crippen LogP contribution in [0.25, 0.3) is 0 Å². The molecule has 1 aromatic rings. The van der Waals surface area contributed by atoms with Crippen LogP contribution < -0.4 is 14.2 Å². The molecule has 33 heavy (non-hydrogen) atoms. The second kappa shape index (κ2) is 24.2. The minimum absolute atomic E-state index is 0.265. The van der Waals surface area contributed by atoms with Gasteiger partial charge in [-0.05, 0) is 90.3 Å². The number of hydrogen-bond donors (Lipinski definition) is 3. The first kappa shape index (κ1) is 31.5. The van der Waals surface area contributed by atoms with Crippen LogP contribution >= 0.6 is 73.2 Å². The normalized spacial score (nSPS) is 11.0. The highest BCUT2D eigenvalue weighted by Gasteiger charge is 2.10. The SMILES string of the molecule is SCCCSCCCOc1nc(OCCCSCCCS)nc(OCCCSCCCS)n1. The highest BCUT2D eigenvalue weighted by atomic mass is 32.2. The summed E-state index contributed by atoms with van der Waals surface area (Å²) in [5.41, 5.74) is 0. The number of hydrogen-bond acceptors (Lipinski definition) is 12. The van der Waals surface area contributed by atoms with E-state index < -0.39 is 0 Å². The average Bonchev–Trinajstić information content (AvgIpc) is 2.82. The Hall–Kier alpha value is 0.510. The number of nitrogens with zero attached hydrogens (tertiary/aromatic N) is 3. The molecular weight excluding hydrogens is 535 g/mol. The number of aromatic nitrogens is 3. The lowest BCUT2D eigenvalue weighted by Crippen LogP contribution is -2.10. The monoisotopic (exact) mass is 573 g/mol. The van der Waals surface area contributed by atoms with Gasteiger partial charge in [0.05, 0.1) is 19.8 Å². The van der Waals surface area contributed by atoms with E-state index in [-0.39, 0.29) is 18.0 Å². The van der Waals surface area contributed by atoms with Gasteiger partial charge in [0.2, 0.25) is 0 Å². The molecular formula is C21H39N3O3S6. The lowest BCUT2D eigenvalue weighted by atomic mass is 10.5. The van der Waals surface area contributed by atoms with E-state index in [1.54, 1.807) is 0 Å². The van der Waals surface area contributed by atoms with Crippen LogP contribution in [0.1, 0.15) is 38.5 Å². The van der Waals surface area contributed by atoms with Crippen LogP contribution in [0, 0.1) is 0 Å². The Labute approximate surface area is 229 Å². The molecule has 0 aliphatic carbocycles. The van der Waals surface area contributed by atoms with Crippen LogP contribution in [0.3, 0.4) is 0 Å². The van der Waals surface area contributed by atoms with Crippen LogP contribution in [0.4, 0.5) is 0 Å². The van der Waals surface area contributed by atoms with Crippen molar-refractivity contribution in [1.82, 2.24) is 15.0 Å². The second-order valence-electron chi connectivity index (χ2n) is 6.86. The maximum Gasteiger partial charge on any atom is 0.325 e. The maximum absolute atomic E-state index is 5.76. The van der Waals surface area contributed by atoms with Gasteiger partial charge in [0.25, 0.3) is 0 Å². The van der Waals surface area contributed by atoms with Gasteiger partial charge in [0.1, 0.15) is 0 Å². The zero-order valence-corrected chi connectivity index (χ0v) is 24.5. The molecule has 1 heterocycles. The van der Waals surface area contributed by atoms with E-state index in [4.69, 9.17) is 14.2 Å². The molecule has 12 heteroatoms. The third kappa shape index (κ3) is 19.4. The van der Waals surface area contributed by atoms with Crippen LogP contribution in [0.2, 0.25) is 0 Å². The first-order valence-corrected chi connectivity index (χ1v) is 16.9. The summed E-state index contributed by atoms with van der Waals surface area (Å²) in [6, 6.07) is 0.796. The summed E-state index contributed by atoms with van der Waals surface area (Å²) in [5.74, 6) is 9.32. The largest absolute Gasteiger partial charge is 0.463 e. The predicted octanol–water partition coefficient (Wildman–Crippen LogP) is 5.34. The Bertz CT molecular complexity index is 490. The van der Waals surface area contributed by atoms with Crippen LogP contribution in [0.5, 0.6) is 18.0 Å². The van der Waals surface area contributed by atoms with Gasteiger partial charge in [-0.25, -0.2) is 0 Å². The molecule has 1 rings (SSSR count). The van der Waals surface area contributed by atoms with Crippen LogP contribution in [0.15, 0.2) is 0 Å². The van der Waals surface area contributed by atoms with Crippen molar-refractivity contribution in [2.75, 3.05) is 71.6 Å². The molecule has 0 aliphatic rings. The van der Waals surface area contributed by atoms with E-state index in [9.17, 15) is 0 Å². The Morgan fingerprint density at radius 2 is 0.727 bits per heavy atom. The number of ether oxygens (including phenoxy) is 3. The Kier molecular flexibility index (Phi) is 23.1. The van der Waals surface area contributed by atoms with Crippen molar-refractivity contribution < 1.29 is 14.2 Å². The van der Waals surface area contributed by atoms with Gasteiger partial charge in [-0.2, -0.15) is 73.2 Å². The molecule has 0 saturated carbocycles. The number of rotatable bonds is 24. The molecule has 0 unspecified atom stereocenters. The molecule has 0 radical (unpaired) electrons. The summed E-state index contributed by atoms with van der Waals surface area (Å²) in [6.07, 6.45) is 6.19. The standard InChI is InChI=1S/C21H39N3O3S6/c28-10-4-16-31-13-1-7-25-19-22-20(26-8-2-14-32-17-5-11-29)24-21(23-19)27-9-3-15-33-18-6-12-30/h28-30H,1-18H2. The van der Waals surface area contributed by atoms with Crippen molar-refractivity contribution in [1.29, 1.82) is 0 Å². The third-order valence-corrected chi connectivity index (χ3v) is 8.32. The topological polar surface area (TPSA) is 66.4 Å². The molecule has 1 aromatic heterocycles. The summed E-state index contributed by atoms with van der Waals surface area (Å²) in [4.78, 5) is 12.9. The second-order valence-corrected chi connectivity index (χ2v) is 11.9. The van der Waals surface area contributed by atoms with Gasteiger partial charge in [0, 0.05) is 0 Å². The molecule has 0 N–H and O–H groups in total. The summed E-state index contributed by atoms with van der Waals surface area (Å²) >= 11 is 18.5. The van der Waals surface area contributed by atoms with Gasteiger partial charge < -0.3 is 14.2 Å². The molecule has 0 bridgehead atoms. The molecule has 0 fully saturated rings. The highest BCUT2D eigenvalue weighted by molar-refractivity contribution is 7.99. The van der Waals surface area contributed by atoms with Crippen molar-refractivity contribution >= 4 is 73.2 Å². The van der Waals surface area contributed by atoms with E-state index in [0.717, 1.165) is 90.3 Å². The Morgan fingerprint density at radius 3 is 1.00 bits per heavy atom. The smallest absolute Gasteiger partial charge is 0.325 e. The Balaban J connectivity index is 2.44. The molecule has 0 aromatic carbocycles. The van der Waals surface area contributed by atoms with Crippen molar-refractivity contribution in [2.24, 2.45) is 0 Å². The first-order chi connectivity index (χ1) is 16.3. The minimum atomic E-state index is 0.265. The molecule has 0 aliphatic heterocycles. The van der Waals surface area contributed by atoms with E-state index in [1.807, 2.05) is 35.3 Å². The summed E-state index contributed by atoms with van der Waals surface area (Å²) in [5, 5.41) is 0. The van der Waals surface area contributed by atoms with Gasteiger partial charge in [0.15, 0.2) is 0 Å². The van der Waals surface area contributed by atoms with Gasteiger partial charge >= 0.3 is 18.0 Å². The zero-order valence-electron chi connectivity index (χ0n) is 19.4. The minimum Gasteiger partial charge on any atom is -0.463 e. The molecule has 0 saturated heterocycles. The summed E-state index contributed by atoms with van der Waals surface area (Å²) in [7, 11) is 0. The number of thioether (sulfide) groups is 3. The van der Waals surface area contributed by atoms with Gasteiger partial charge in [-0.3, -0.25) is 0 Å². The fourth-order valence-electron chi connectivity index (χ4n) is 2.29. The van der Waals surface area contributed by atoms with Crippen molar-refractivity contribution in [3.63, 3.8) is 0 Å². The van der Waals surface area contributed by atoms with Crippen molar-refractivity contribution in [3.8, 4) is 18.0 Å². The summed E-state index contributed by atoms with van der Waals surface area (Å²) < 4.78 is 17.3. The lowest BCUT2D eigenvalue weighted by molar-refractivity contribution is 0.236. The molecule has 0 atom stereocenters. The molecule has 0 amide bonds. The van der Waals surface area contributed by atoms with E-state index in [1.165, 1.54) is 0 Å². The molecule has 6 nitrogen and oxygen atoms in total. The third-order valence-electron chi connectivity index (χ3n) is 3.91. The average molecular weight is 574 g/mol. The predicted molar refractivity (Wildman–Crippen MR) is 158 cm³/mol. The molecule has 192 valence electrons. The molecule has 0 spiro atoms. The Morgan fingerprint density at radius 1 is 0.455 bits per heavy atom. The van der Waals surface area contributed by atoms with Crippen LogP contribution in [-0.4, -0.2) is 86.5 Å². The quantitative estimate of drug-likeness (QED) is 0.112. The zero-order chi connectivity index (χ0) is 23.8. The van der Waals surface area contributed by atoms with E-state index in [0.29, 0.717) is 19.8 Å². The number of thiol groups is 3. The fraction of sp³-hybridized carbons (Fsp3) is 0.857. The van der Waals surface area contributed by atoms with Gasteiger partial charge in [-0.15, -0.1) is 15.0 Å². The fourth-order valence-corrected chi connectivity index (χ4v) is 6.03. The van der Waals surface area contributed by atoms with Crippen molar-refractivity contribution in [3.05, 3.63) is 0 Å². The lowest BCUT2D eigenvalue weighted by Gasteiger charge is -2.10. The van der Waals surface area contributed by atoms with Gasteiger partial charge in [-0.1, -0.05) is 0 Å². The first-order valence-electron chi connectivity index (χ1n) is 11.5.